The van der Waals surface area contributed by atoms with Crippen molar-refractivity contribution in [2.75, 3.05) is 19.6 Å². The molecule has 1 aliphatic rings. The molecular formula is C27H31N3O3S. The Morgan fingerprint density at radius 2 is 1.50 bits per heavy atom. The van der Waals surface area contributed by atoms with Gasteiger partial charge in [0.2, 0.25) is 15.9 Å². The van der Waals surface area contributed by atoms with E-state index in [1.54, 1.807) is 24.3 Å². The van der Waals surface area contributed by atoms with Crippen molar-refractivity contribution >= 4 is 15.9 Å². The second kappa shape index (κ2) is 11.0. The normalized spacial score (nSPS) is 18.5. The molecule has 1 aliphatic heterocycles. The van der Waals surface area contributed by atoms with E-state index < -0.39 is 10.0 Å². The summed E-state index contributed by atoms with van der Waals surface area (Å²) in [4.78, 5) is 13.3. The van der Waals surface area contributed by atoms with E-state index in [-0.39, 0.29) is 28.7 Å². The summed E-state index contributed by atoms with van der Waals surface area (Å²) in [7, 11) is -3.65. The molecule has 0 saturated carbocycles. The van der Waals surface area contributed by atoms with Crippen molar-refractivity contribution in [1.29, 1.82) is 0 Å². The molecule has 1 fully saturated rings. The van der Waals surface area contributed by atoms with Crippen LogP contribution in [-0.4, -0.2) is 40.0 Å². The van der Waals surface area contributed by atoms with Crippen molar-refractivity contribution in [3.8, 4) is 0 Å². The molecule has 1 saturated heterocycles. The number of hydrogen-bond acceptors (Lipinski definition) is 4. The van der Waals surface area contributed by atoms with E-state index in [0.717, 1.165) is 16.7 Å². The van der Waals surface area contributed by atoms with Gasteiger partial charge in [-0.05, 0) is 36.6 Å². The zero-order chi connectivity index (χ0) is 24.0. The third-order valence-electron chi connectivity index (χ3n) is 6.26. The smallest absolute Gasteiger partial charge is 0.240 e. The van der Waals surface area contributed by atoms with Crippen molar-refractivity contribution in [3.05, 3.63) is 102 Å². The van der Waals surface area contributed by atoms with Crippen LogP contribution in [-0.2, 0) is 14.8 Å². The van der Waals surface area contributed by atoms with E-state index in [0.29, 0.717) is 26.1 Å². The third-order valence-corrected chi connectivity index (χ3v) is 7.80. The lowest BCUT2D eigenvalue weighted by atomic mass is 9.90. The first-order valence-electron chi connectivity index (χ1n) is 11.6. The molecule has 4 rings (SSSR count). The Labute approximate surface area is 201 Å². The predicted octanol–water partition coefficient (Wildman–Crippen LogP) is 3.20. The van der Waals surface area contributed by atoms with Crippen LogP contribution in [0.5, 0.6) is 0 Å². The first kappa shape index (κ1) is 24.1. The van der Waals surface area contributed by atoms with Crippen molar-refractivity contribution in [1.82, 2.24) is 15.4 Å². The molecular weight excluding hydrogens is 446 g/mol. The van der Waals surface area contributed by atoms with Crippen LogP contribution in [0.25, 0.3) is 0 Å². The van der Waals surface area contributed by atoms with Gasteiger partial charge in [0.15, 0.2) is 0 Å². The molecule has 34 heavy (non-hydrogen) atoms. The summed E-state index contributed by atoms with van der Waals surface area (Å²) < 4.78 is 28.3. The molecule has 0 spiro atoms. The van der Waals surface area contributed by atoms with Crippen LogP contribution in [0.4, 0.5) is 0 Å². The predicted molar refractivity (Wildman–Crippen MR) is 134 cm³/mol. The molecule has 1 amide bonds. The minimum atomic E-state index is -3.65. The quantitative estimate of drug-likeness (QED) is 0.465. The maximum atomic E-state index is 13.1. The third kappa shape index (κ3) is 6.11. The minimum absolute atomic E-state index is 0.0405. The van der Waals surface area contributed by atoms with Crippen LogP contribution in [0.2, 0.25) is 0 Å². The lowest BCUT2D eigenvalue weighted by Crippen LogP contribution is -2.52. The summed E-state index contributed by atoms with van der Waals surface area (Å²) in [5.41, 5.74) is 3.28. The molecule has 3 N–H and O–H groups in total. The Bertz CT molecular complexity index is 1140. The first-order valence-corrected chi connectivity index (χ1v) is 13.1. The van der Waals surface area contributed by atoms with Gasteiger partial charge in [0.05, 0.1) is 10.8 Å². The molecule has 0 radical (unpaired) electrons. The largest absolute Gasteiger partial charge is 0.355 e. The highest BCUT2D eigenvalue weighted by Gasteiger charge is 2.30. The molecule has 178 valence electrons. The molecule has 7 heteroatoms. The summed E-state index contributed by atoms with van der Waals surface area (Å²) in [6.45, 7) is 3.41. The van der Waals surface area contributed by atoms with E-state index >= 15 is 0 Å². The first-order chi connectivity index (χ1) is 16.4. The summed E-state index contributed by atoms with van der Waals surface area (Å²) >= 11 is 0. The maximum absolute atomic E-state index is 13.1. The van der Waals surface area contributed by atoms with E-state index in [4.69, 9.17) is 0 Å². The highest BCUT2D eigenvalue weighted by molar-refractivity contribution is 7.89. The average molecular weight is 478 g/mol. The lowest BCUT2D eigenvalue weighted by molar-refractivity contribution is -0.125. The Morgan fingerprint density at radius 1 is 0.912 bits per heavy atom. The zero-order valence-electron chi connectivity index (χ0n) is 19.3. The molecule has 3 aromatic rings. The summed E-state index contributed by atoms with van der Waals surface area (Å²) in [6.07, 6.45) is 0.450. The van der Waals surface area contributed by atoms with Crippen LogP contribution in [0.1, 0.15) is 29.0 Å². The Hall–Kier alpha value is -3.00. The van der Waals surface area contributed by atoms with E-state index in [1.807, 2.05) is 43.3 Å². The second-order valence-corrected chi connectivity index (χ2v) is 10.6. The highest BCUT2D eigenvalue weighted by Crippen LogP contribution is 2.24. The van der Waals surface area contributed by atoms with Gasteiger partial charge in [-0.25, -0.2) is 13.1 Å². The number of carbonyl (C=O) groups is 1. The van der Waals surface area contributed by atoms with Gasteiger partial charge in [-0.1, -0.05) is 78.4 Å². The van der Waals surface area contributed by atoms with Crippen LogP contribution in [0.3, 0.4) is 0 Å². The van der Waals surface area contributed by atoms with Gasteiger partial charge in [0.25, 0.3) is 0 Å². The average Bonchev–Trinajstić information content (AvgIpc) is 2.85. The summed E-state index contributed by atoms with van der Waals surface area (Å²) in [6, 6.07) is 26.7. The monoisotopic (exact) mass is 477 g/mol. The van der Waals surface area contributed by atoms with Crippen LogP contribution >= 0.6 is 0 Å². The Morgan fingerprint density at radius 3 is 2.09 bits per heavy atom. The van der Waals surface area contributed by atoms with Gasteiger partial charge in [-0.3, -0.25) is 4.79 Å². The number of nitrogens with one attached hydrogen (secondary N) is 3. The van der Waals surface area contributed by atoms with Gasteiger partial charge in [0, 0.05) is 31.6 Å². The SMILES string of the molecule is Cc1ccc(S(=O)(=O)N[C@H]2CNCC(C(=O)NCC(c3ccccc3)c3ccccc3)C2)cc1. The highest BCUT2D eigenvalue weighted by atomic mass is 32.2. The zero-order valence-corrected chi connectivity index (χ0v) is 20.1. The van der Waals surface area contributed by atoms with Crippen LogP contribution in [0, 0.1) is 12.8 Å². The Kier molecular flexibility index (Phi) is 7.77. The fraction of sp³-hybridized carbons (Fsp3) is 0.296. The summed E-state index contributed by atoms with van der Waals surface area (Å²) in [5, 5.41) is 6.33. The summed E-state index contributed by atoms with van der Waals surface area (Å²) in [5.74, 6) is -0.339. The topological polar surface area (TPSA) is 87.3 Å². The molecule has 1 heterocycles. The number of aryl methyl sites for hydroxylation is 1. The van der Waals surface area contributed by atoms with Crippen molar-refractivity contribution in [2.24, 2.45) is 5.92 Å². The van der Waals surface area contributed by atoms with E-state index in [2.05, 4.69) is 39.6 Å². The molecule has 2 atom stereocenters. The molecule has 3 aromatic carbocycles. The van der Waals surface area contributed by atoms with Crippen molar-refractivity contribution in [2.45, 2.75) is 30.2 Å². The lowest BCUT2D eigenvalue weighted by Gasteiger charge is -2.30. The minimum Gasteiger partial charge on any atom is -0.355 e. The second-order valence-electron chi connectivity index (χ2n) is 8.84. The van der Waals surface area contributed by atoms with Crippen LogP contribution in [0.15, 0.2) is 89.8 Å². The van der Waals surface area contributed by atoms with E-state index in [1.165, 1.54) is 0 Å². The molecule has 0 bridgehead atoms. The maximum Gasteiger partial charge on any atom is 0.240 e. The van der Waals surface area contributed by atoms with Gasteiger partial charge in [0.1, 0.15) is 0 Å². The van der Waals surface area contributed by atoms with Crippen molar-refractivity contribution in [3.63, 3.8) is 0 Å². The molecule has 0 aromatic heterocycles. The van der Waals surface area contributed by atoms with Gasteiger partial charge in [-0.2, -0.15) is 0 Å². The van der Waals surface area contributed by atoms with Crippen molar-refractivity contribution < 1.29 is 13.2 Å². The number of amides is 1. The fourth-order valence-electron chi connectivity index (χ4n) is 4.38. The van der Waals surface area contributed by atoms with E-state index in [9.17, 15) is 13.2 Å². The number of piperidine rings is 1. The van der Waals surface area contributed by atoms with Gasteiger partial charge in [-0.15, -0.1) is 0 Å². The van der Waals surface area contributed by atoms with Gasteiger partial charge >= 0.3 is 0 Å². The van der Waals surface area contributed by atoms with Crippen LogP contribution < -0.4 is 15.4 Å². The number of rotatable bonds is 8. The number of carbonyl (C=O) groups excluding carboxylic acids is 1. The number of benzene rings is 3. The number of hydrogen-bond donors (Lipinski definition) is 3. The molecule has 6 nitrogen and oxygen atoms in total. The Balaban J connectivity index is 1.39. The molecule has 1 unspecified atom stereocenters. The number of sulfonamides is 1. The molecule has 0 aliphatic carbocycles. The fourth-order valence-corrected chi connectivity index (χ4v) is 5.63. The standard InChI is InChI=1S/C27H31N3O3S/c1-20-12-14-25(15-13-20)34(32,33)30-24-16-23(17-28-18-24)27(31)29-19-26(21-8-4-2-5-9-21)22-10-6-3-7-11-22/h2-15,23-24,26,28,30H,16-19H2,1H3,(H,29,31)/t23?,24-/m1/s1. The van der Waals surface area contributed by atoms with Gasteiger partial charge < -0.3 is 10.6 Å².